The molecular weight excluding hydrogens is 338 g/mol. The molecule has 0 aliphatic rings. The van der Waals surface area contributed by atoms with Crippen LogP contribution in [0.25, 0.3) is 0 Å². The van der Waals surface area contributed by atoms with Crippen LogP contribution in [0.4, 0.5) is 5.69 Å². The first-order valence-corrected chi connectivity index (χ1v) is 7.26. The van der Waals surface area contributed by atoms with Crippen molar-refractivity contribution < 1.29 is 9.53 Å². The van der Waals surface area contributed by atoms with Gasteiger partial charge in [-0.05, 0) is 36.7 Å². The molecule has 114 valence electrons. The summed E-state index contributed by atoms with van der Waals surface area (Å²) in [5.74, 6) is -0.148. The fourth-order valence-corrected chi connectivity index (χ4v) is 2.27. The SMILES string of the molecule is COCn1cc(NC(=O)C(C)n2nc(C)c(Br)c2C)cn1. The Labute approximate surface area is 131 Å². The maximum Gasteiger partial charge on any atom is 0.249 e. The number of nitrogens with zero attached hydrogens (tertiary/aromatic N) is 4. The van der Waals surface area contributed by atoms with E-state index in [2.05, 4.69) is 31.4 Å². The number of anilines is 1. The van der Waals surface area contributed by atoms with Crippen LogP contribution in [0.15, 0.2) is 16.9 Å². The molecule has 1 atom stereocenters. The molecule has 2 heterocycles. The topological polar surface area (TPSA) is 74.0 Å². The van der Waals surface area contributed by atoms with Crippen molar-refractivity contribution in [3.05, 3.63) is 28.3 Å². The lowest BCUT2D eigenvalue weighted by Gasteiger charge is -2.13. The molecule has 0 aliphatic carbocycles. The van der Waals surface area contributed by atoms with Crippen LogP contribution in [-0.2, 0) is 16.3 Å². The second-order valence-corrected chi connectivity index (χ2v) is 5.57. The Balaban J connectivity index is 2.09. The van der Waals surface area contributed by atoms with Gasteiger partial charge in [-0.2, -0.15) is 10.2 Å². The van der Waals surface area contributed by atoms with Crippen LogP contribution in [0.1, 0.15) is 24.4 Å². The average Bonchev–Trinajstić information content (AvgIpc) is 2.98. The van der Waals surface area contributed by atoms with E-state index in [0.717, 1.165) is 15.9 Å². The van der Waals surface area contributed by atoms with Crippen LogP contribution in [-0.4, -0.2) is 32.6 Å². The number of aryl methyl sites for hydroxylation is 1. The minimum Gasteiger partial charge on any atom is -0.362 e. The Bertz CT molecular complexity index is 649. The molecule has 0 aliphatic heterocycles. The van der Waals surface area contributed by atoms with Gasteiger partial charge in [0.05, 0.1) is 33.9 Å². The third-order valence-corrected chi connectivity index (χ3v) is 4.29. The lowest BCUT2D eigenvalue weighted by molar-refractivity contribution is -0.119. The van der Waals surface area contributed by atoms with Gasteiger partial charge in [-0.25, -0.2) is 4.68 Å². The minimum absolute atomic E-state index is 0.148. The van der Waals surface area contributed by atoms with E-state index in [0.29, 0.717) is 12.4 Å². The van der Waals surface area contributed by atoms with E-state index in [4.69, 9.17) is 4.74 Å². The summed E-state index contributed by atoms with van der Waals surface area (Å²) in [5.41, 5.74) is 2.41. The van der Waals surface area contributed by atoms with Gasteiger partial charge in [0.1, 0.15) is 12.8 Å². The number of nitrogens with one attached hydrogen (secondary N) is 1. The smallest absolute Gasteiger partial charge is 0.249 e. The number of ether oxygens (including phenoxy) is 1. The van der Waals surface area contributed by atoms with E-state index in [1.165, 1.54) is 0 Å². The average molecular weight is 356 g/mol. The van der Waals surface area contributed by atoms with Crippen molar-refractivity contribution in [2.75, 3.05) is 12.4 Å². The molecule has 2 aromatic heterocycles. The molecular formula is C13H18BrN5O2. The highest BCUT2D eigenvalue weighted by Gasteiger charge is 2.20. The Kier molecular flexibility index (Phi) is 4.79. The first kappa shape index (κ1) is 15.7. The molecule has 0 spiro atoms. The summed E-state index contributed by atoms with van der Waals surface area (Å²) in [5, 5.41) is 11.3. The molecule has 0 radical (unpaired) electrons. The van der Waals surface area contributed by atoms with Gasteiger partial charge in [0, 0.05) is 7.11 Å². The van der Waals surface area contributed by atoms with E-state index in [9.17, 15) is 4.79 Å². The zero-order valence-electron chi connectivity index (χ0n) is 12.4. The predicted octanol–water partition coefficient (Wildman–Crippen LogP) is 2.26. The Morgan fingerprint density at radius 1 is 1.52 bits per heavy atom. The van der Waals surface area contributed by atoms with Gasteiger partial charge in [-0.15, -0.1) is 0 Å². The number of methoxy groups -OCH3 is 1. The fourth-order valence-electron chi connectivity index (χ4n) is 2.01. The van der Waals surface area contributed by atoms with E-state index in [1.807, 2.05) is 13.8 Å². The fraction of sp³-hybridized carbons (Fsp3) is 0.462. The maximum absolute atomic E-state index is 12.3. The van der Waals surface area contributed by atoms with Crippen molar-refractivity contribution in [2.24, 2.45) is 0 Å². The third-order valence-electron chi connectivity index (χ3n) is 3.15. The monoisotopic (exact) mass is 355 g/mol. The third kappa shape index (κ3) is 3.33. The number of amides is 1. The lowest BCUT2D eigenvalue weighted by Crippen LogP contribution is -2.25. The number of hydrogen-bond acceptors (Lipinski definition) is 4. The van der Waals surface area contributed by atoms with Crippen molar-refractivity contribution in [1.82, 2.24) is 19.6 Å². The van der Waals surface area contributed by atoms with Gasteiger partial charge in [-0.1, -0.05) is 0 Å². The number of carbonyl (C=O) groups is 1. The van der Waals surface area contributed by atoms with E-state index >= 15 is 0 Å². The molecule has 2 rings (SSSR count). The molecule has 1 unspecified atom stereocenters. The van der Waals surface area contributed by atoms with Gasteiger partial charge < -0.3 is 10.1 Å². The van der Waals surface area contributed by atoms with Gasteiger partial charge in [0.25, 0.3) is 0 Å². The second-order valence-electron chi connectivity index (χ2n) is 4.78. The van der Waals surface area contributed by atoms with Gasteiger partial charge in [0.2, 0.25) is 5.91 Å². The molecule has 7 nitrogen and oxygen atoms in total. The molecule has 8 heteroatoms. The minimum atomic E-state index is -0.416. The van der Waals surface area contributed by atoms with Gasteiger partial charge in [0.15, 0.2) is 0 Å². The van der Waals surface area contributed by atoms with Gasteiger partial charge in [-0.3, -0.25) is 9.48 Å². The molecule has 1 N–H and O–H groups in total. The van der Waals surface area contributed by atoms with E-state index < -0.39 is 6.04 Å². The van der Waals surface area contributed by atoms with Crippen LogP contribution in [0, 0.1) is 13.8 Å². The van der Waals surface area contributed by atoms with Crippen molar-refractivity contribution in [3.8, 4) is 0 Å². The number of aromatic nitrogens is 4. The largest absolute Gasteiger partial charge is 0.362 e. The summed E-state index contributed by atoms with van der Waals surface area (Å²) in [4.78, 5) is 12.3. The van der Waals surface area contributed by atoms with Crippen molar-refractivity contribution >= 4 is 27.5 Å². The van der Waals surface area contributed by atoms with Crippen LogP contribution >= 0.6 is 15.9 Å². The van der Waals surface area contributed by atoms with Crippen LogP contribution in [0.5, 0.6) is 0 Å². The quantitative estimate of drug-likeness (QED) is 0.892. The summed E-state index contributed by atoms with van der Waals surface area (Å²) in [6.45, 7) is 5.97. The normalized spacial score (nSPS) is 12.4. The number of hydrogen-bond donors (Lipinski definition) is 1. The first-order chi connectivity index (χ1) is 9.93. The highest BCUT2D eigenvalue weighted by Crippen LogP contribution is 2.23. The number of carbonyl (C=O) groups excluding carboxylic acids is 1. The molecule has 0 saturated carbocycles. The Morgan fingerprint density at radius 3 is 2.81 bits per heavy atom. The Hall–Kier alpha value is -1.67. The molecule has 2 aromatic rings. The molecule has 0 aromatic carbocycles. The first-order valence-electron chi connectivity index (χ1n) is 6.47. The zero-order valence-corrected chi connectivity index (χ0v) is 14.0. The summed E-state index contributed by atoms with van der Waals surface area (Å²) in [7, 11) is 1.59. The summed E-state index contributed by atoms with van der Waals surface area (Å²) in [6, 6.07) is -0.416. The summed E-state index contributed by atoms with van der Waals surface area (Å²) < 4.78 is 9.19. The molecule has 1 amide bonds. The standard InChI is InChI=1S/C13H18BrN5O2/c1-8-12(14)9(2)19(17-8)10(3)13(20)16-11-5-15-18(6-11)7-21-4/h5-6,10H,7H2,1-4H3,(H,16,20). The Morgan fingerprint density at radius 2 is 2.24 bits per heavy atom. The molecule has 0 bridgehead atoms. The lowest BCUT2D eigenvalue weighted by atomic mass is 10.3. The second kappa shape index (κ2) is 6.40. The zero-order chi connectivity index (χ0) is 15.6. The van der Waals surface area contributed by atoms with Crippen molar-refractivity contribution in [2.45, 2.75) is 33.5 Å². The van der Waals surface area contributed by atoms with Gasteiger partial charge >= 0.3 is 0 Å². The van der Waals surface area contributed by atoms with Crippen LogP contribution in [0.3, 0.4) is 0 Å². The molecule has 0 saturated heterocycles. The molecule has 0 fully saturated rings. The highest BCUT2D eigenvalue weighted by molar-refractivity contribution is 9.10. The van der Waals surface area contributed by atoms with Crippen LogP contribution in [0.2, 0.25) is 0 Å². The number of halogens is 1. The van der Waals surface area contributed by atoms with Crippen molar-refractivity contribution in [1.29, 1.82) is 0 Å². The van der Waals surface area contributed by atoms with E-state index in [-0.39, 0.29) is 5.91 Å². The van der Waals surface area contributed by atoms with Crippen LogP contribution < -0.4 is 5.32 Å². The predicted molar refractivity (Wildman–Crippen MR) is 82.0 cm³/mol. The van der Waals surface area contributed by atoms with Crippen molar-refractivity contribution in [3.63, 3.8) is 0 Å². The number of rotatable bonds is 5. The maximum atomic E-state index is 12.3. The van der Waals surface area contributed by atoms with E-state index in [1.54, 1.807) is 35.8 Å². The molecule has 21 heavy (non-hydrogen) atoms. The summed E-state index contributed by atoms with van der Waals surface area (Å²) >= 11 is 3.46. The summed E-state index contributed by atoms with van der Waals surface area (Å²) in [6.07, 6.45) is 3.30. The highest BCUT2D eigenvalue weighted by atomic mass is 79.9.